The number of carbonyl (C=O) groups excluding carboxylic acids is 1. The van der Waals surface area contributed by atoms with E-state index in [1.807, 2.05) is 0 Å². The second-order valence-electron chi connectivity index (χ2n) is 3.94. The van der Waals surface area contributed by atoms with Crippen molar-refractivity contribution in [2.45, 2.75) is 0 Å². The lowest BCUT2D eigenvalue weighted by Gasteiger charge is -2.17. The summed E-state index contributed by atoms with van der Waals surface area (Å²) in [5.74, 6) is -3.43. The number of hydrogen-bond donors (Lipinski definition) is 0. The van der Waals surface area contributed by atoms with Crippen molar-refractivity contribution in [1.29, 1.82) is 0 Å². The van der Waals surface area contributed by atoms with Crippen molar-refractivity contribution in [1.82, 2.24) is 0 Å². The molecule has 2 rings (SSSR count). The Kier molecular flexibility index (Phi) is 3.55. The Morgan fingerprint density at radius 1 is 1.00 bits per heavy atom. The van der Waals surface area contributed by atoms with Gasteiger partial charge in [-0.2, -0.15) is 0 Å². The number of anilines is 1. The Bertz CT molecular complexity index is 611. The fraction of sp³-hybridized carbons (Fsp3) is 0.0714. The normalized spacial score (nSPS) is 10.3. The zero-order valence-corrected chi connectivity index (χ0v) is 10.0. The molecule has 0 saturated heterocycles. The van der Waals surface area contributed by atoms with Gasteiger partial charge in [0, 0.05) is 12.7 Å². The number of hydrogen-bond acceptors (Lipinski definition) is 1. The molecule has 0 heterocycles. The van der Waals surface area contributed by atoms with E-state index in [9.17, 15) is 18.0 Å². The van der Waals surface area contributed by atoms with Gasteiger partial charge in [-0.1, -0.05) is 6.07 Å². The van der Waals surface area contributed by atoms with Crippen LogP contribution in [0.2, 0.25) is 0 Å². The molecule has 1 amide bonds. The van der Waals surface area contributed by atoms with E-state index in [1.165, 1.54) is 43.4 Å². The predicted octanol–water partition coefficient (Wildman–Crippen LogP) is 3.38. The maximum Gasteiger partial charge on any atom is 0.261 e. The minimum absolute atomic E-state index is 0.369. The molecule has 2 aromatic carbocycles. The molecule has 0 unspecified atom stereocenters. The summed E-state index contributed by atoms with van der Waals surface area (Å²) in [5.41, 5.74) is 0.0156. The molecule has 0 aliphatic heterocycles. The highest BCUT2D eigenvalue weighted by molar-refractivity contribution is 6.05. The number of rotatable bonds is 2. The summed E-state index contributed by atoms with van der Waals surface area (Å²) in [6, 6.07) is 8.51. The lowest BCUT2D eigenvalue weighted by atomic mass is 10.1. The fourth-order valence-electron chi connectivity index (χ4n) is 1.63. The summed E-state index contributed by atoms with van der Waals surface area (Å²) < 4.78 is 39.4. The second kappa shape index (κ2) is 5.14. The highest BCUT2D eigenvalue weighted by Crippen LogP contribution is 2.18. The zero-order valence-electron chi connectivity index (χ0n) is 10.0. The molecule has 2 nitrogen and oxygen atoms in total. The van der Waals surface area contributed by atoms with E-state index in [2.05, 4.69) is 0 Å². The van der Waals surface area contributed by atoms with Crippen molar-refractivity contribution < 1.29 is 18.0 Å². The van der Waals surface area contributed by atoms with Crippen LogP contribution in [0.3, 0.4) is 0 Å². The molecule has 0 aliphatic rings. The summed E-state index contributed by atoms with van der Waals surface area (Å²) in [6.45, 7) is 0. The minimum atomic E-state index is -1.19. The van der Waals surface area contributed by atoms with Gasteiger partial charge in [-0.3, -0.25) is 4.79 Å². The van der Waals surface area contributed by atoms with Crippen LogP contribution in [0, 0.1) is 17.5 Å². The first-order valence-electron chi connectivity index (χ1n) is 5.48. The van der Waals surface area contributed by atoms with Crippen molar-refractivity contribution in [3.63, 3.8) is 0 Å². The van der Waals surface area contributed by atoms with Gasteiger partial charge in [-0.15, -0.1) is 0 Å². The highest BCUT2D eigenvalue weighted by atomic mass is 19.2. The Hall–Kier alpha value is -2.30. The number of halogens is 3. The van der Waals surface area contributed by atoms with Crippen LogP contribution in [0.1, 0.15) is 10.4 Å². The first-order chi connectivity index (χ1) is 9.00. The van der Waals surface area contributed by atoms with Crippen LogP contribution in [0.5, 0.6) is 0 Å². The van der Waals surface area contributed by atoms with Crippen LogP contribution >= 0.6 is 0 Å². The van der Waals surface area contributed by atoms with Gasteiger partial charge in [-0.25, -0.2) is 13.2 Å². The second-order valence-corrected chi connectivity index (χ2v) is 3.94. The molecule has 0 N–H and O–H groups in total. The van der Waals surface area contributed by atoms with Crippen molar-refractivity contribution in [2.75, 3.05) is 11.9 Å². The Balaban J connectivity index is 2.33. The summed E-state index contributed by atoms with van der Waals surface area (Å²) >= 11 is 0. The molecule has 98 valence electrons. The molecule has 5 heteroatoms. The SMILES string of the molecule is CN(C(=O)c1cccc(F)c1F)c1ccc(F)cc1. The molecule has 0 saturated carbocycles. The van der Waals surface area contributed by atoms with Gasteiger partial charge in [-0.05, 0) is 36.4 Å². The quantitative estimate of drug-likeness (QED) is 0.815. The molecule has 0 aliphatic carbocycles. The molecule has 0 radical (unpaired) electrons. The maximum absolute atomic E-state index is 13.5. The van der Waals surface area contributed by atoms with Gasteiger partial charge in [0.2, 0.25) is 0 Å². The number of amides is 1. The molecule has 0 spiro atoms. The smallest absolute Gasteiger partial charge is 0.261 e. The number of benzene rings is 2. The van der Waals surface area contributed by atoms with Crippen molar-refractivity contribution in [3.8, 4) is 0 Å². The Labute approximate surface area is 108 Å². The van der Waals surface area contributed by atoms with Crippen molar-refractivity contribution in [3.05, 3.63) is 65.5 Å². The van der Waals surface area contributed by atoms with Gasteiger partial charge in [0.15, 0.2) is 11.6 Å². The summed E-state index contributed by atoms with van der Waals surface area (Å²) in [7, 11) is 1.40. The molecule has 2 aromatic rings. The van der Waals surface area contributed by atoms with E-state index in [0.717, 1.165) is 11.0 Å². The summed E-state index contributed by atoms with van der Waals surface area (Å²) in [6.07, 6.45) is 0. The van der Waals surface area contributed by atoms with E-state index in [0.29, 0.717) is 5.69 Å². The van der Waals surface area contributed by atoms with Crippen LogP contribution in [-0.2, 0) is 0 Å². The molecular weight excluding hydrogens is 255 g/mol. The minimum Gasteiger partial charge on any atom is -0.311 e. The van der Waals surface area contributed by atoms with Gasteiger partial charge < -0.3 is 4.90 Å². The Morgan fingerprint density at radius 3 is 2.26 bits per heavy atom. The topological polar surface area (TPSA) is 20.3 Å². The molecule has 0 fully saturated rings. The molecular formula is C14H10F3NO. The third-order valence-corrected chi connectivity index (χ3v) is 2.70. The van der Waals surface area contributed by atoms with Crippen LogP contribution < -0.4 is 4.90 Å². The average molecular weight is 265 g/mol. The predicted molar refractivity (Wildman–Crippen MR) is 65.5 cm³/mol. The summed E-state index contributed by atoms with van der Waals surface area (Å²) in [5, 5.41) is 0. The fourth-order valence-corrected chi connectivity index (χ4v) is 1.63. The monoisotopic (exact) mass is 265 g/mol. The third-order valence-electron chi connectivity index (χ3n) is 2.70. The molecule has 0 atom stereocenters. The first-order valence-corrected chi connectivity index (χ1v) is 5.48. The zero-order chi connectivity index (χ0) is 14.0. The van der Waals surface area contributed by atoms with E-state index in [1.54, 1.807) is 0 Å². The van der Waals surface area contributed by atoms with Crippen LogP contribution in [0.4, 0.5) is 18.9 Å². The van der Waals surface area contributed by atoms with Gasteiger partial charge in [0.1, 0.15) is 5.82 Å². The van der Waals surface area contributed by atoms with Gasteiger partial charge >= 0.3 is 0 Å². The van der Waals surface area contributed by atoms with E-state index >= 15 is 0 Å². The van der Waals surface area contributed by atoms with Crippen molar-refractivity contribution in [2.24, 2.45) is 0 Å². The highest BCUT2D eigenvalue weighted by Gasteiger charge is 2.19. The van der Waals surface area contributed by atoms with E-state index in [4.69, 9.17) is 0 Å². The number of nitrogens with zero attached hydrogens (tertiary/aromatic N) is 1. The molecule has 0 aromatic heterocycles. The van der Waals surface area contributed by atoms with Crippen molar-refractivity contribution >= 4 is 11.6 Å². The molecule has 0 bridgehead atoms. The number of carbonyl (C=O) groups is 1. The lowest BCUT2D eigenvalue weighted by Crippen LogP contribution is -2.27. The van der Waals surface area contributed by atoms with E-state index in [-0.39, 0.29) is 5.56 Å². The maximum atomic E-state index is 13.5. The van der Waals surface area contributed by atoms with Crippen LogP contribution in [0.15, 0.2) is 42.5 Å². The Morgan fingerprint density at radius 2 is 1.63 bits per heavy atom. The van der Waals surface area contributed by atoms with E-state index < -0.39 is 23.4 Å². The third kappa shape index (κ3) is 2.59. The average Bonchev–Trinajstić information content (AvgIpc) is 2.41. The van der Waals surface area contributed by atoms with Crippen LogP contribution in [0.25, 0.3) is 0 Å². The first kappa shape index (κ1) is 13.1. The lowest BCUT2D eigenvalue weighted by molar-refractivity contribution is 0.0988. The summed E-state index contributed by atoms with van der Waals surface area (Å²) in [4.78, 5) is 13.2. The van der Waals surface area contributed by atoms with Gasteiger partial charge in [0.05, 0.1) is 5.56 Å². The van der Waals surface area contributed by atoms with Gasteiger partial charge in [0.25, 0.3) is 5.91 Å². The largest absolute Gasteiger partial charge is 0.311 e. The standard InChI is InChI=1S/C14H10F3NO/c1-18(10-7-5-9(15)6-8-10)14(19)11-3-2-4-12(16)13(11)17/h2-8H,1H3. The van der Waals surface area contributed by atoms with Crippen LogP contribution in [-0.4, -0.2) is 13.0 Å². The molecule has 19 heavy (non-hydrogen) atoms.